The Labute approximate surface area is 399 Å². The van der Waals surface area contributed by atoms with E-state index < -0.39 is 0 Å². The van der Waals surface area contributed by atoms with Gasteiger partial charge in [0.25, 0.3) is 0 Å². The van der Waals surface area contributed by atoms with E-state index in [2.05, 4.69) is 211 Å². The molecule has 0 atom stereocenters. The summed E-state index contributed by atoms with van der Waals surface area (Å²) in [6, 6.07) is 58.6. The zero-order valence-electron chi connectivity index (χ0n) is 38.8. The summed E-state index contributed by atoms with van der Waals surface area (Å²) < 4.78 is 13.1. The Morgan fingerprint density at radius 1 is 0.538 bits per heavy atom. The van der Waals surface area contributed by atoms with Gasteiger partial charge < -0.3 is 18.4 Å². The first-order valence-electron chi connectivity index (χ1n) is 22.6. The summed E-state index contributed by atoms with van der Waals surface area (Å²) in [6.45, 7) is 18.3. The minimum absolute atomic E-state index is 0. The van der Waals surface area contributed by atoms with Crippen LogP contribution in [0.5, 0.6) is 11.5 Å². The van der Waals surface area contributed by atoms with Crippen molar-refractivity contribution in [1.29, 1.82) is 0 Å². The Bertz CT molecular complexity index is 3040. The van der Waals surface area contributed by atoms with E-state index in [0.717, 1.165) is 33.8 Å². The Hall–Kier alpha value is -6.29. The smallest absolute Gasteiger partial charge is 0.241 e. The van der Waals surface area contributed by atoms with Gasteiger partial charge in [-0.2, -0.15) is 12.1 Å². The second kappa shape index (κ2) is 19.0. The molecule has 9 aromatic rings. The van der Waals surface area contributed by atoms with Crippen molar-refractivity contribution in [3.8, 4) is 67.8 Å². The molecule has 0 saturated heterocycles. The molecule has 6 heteroatoms. The van der Waals surface area contributed by atoms with Crippen LogP contribution in [0.15, 0.2) is 152 Å². The van der Waals surface area contributed by atoms with E-state index in [-0.39, 0.29) is 32.9 Å². The summed E-state index contributed by atoms with van der Waals surface area (Å²) in [6.07, 6.45) is 5.73. The third-order valence-corrected chi connectivity index (χ3v) is 12.1. The van der Waals surface area contributed by atoms with Gasteiger partial charge in [0.1, 0.15) is 0 Å². The van der Waals surface area contributed by atoms with Crippen molar-refractivity contribution in [3.05, 3.63) is 193 Å². The van der Waals surface area contributed by atoms with E-state index in [1.165, 1.54) is 55.8 Å². The SMILES string of the molecule is CC(C)c1cc(-c2ccccc2)cc(C(C)C)c1-c1cn(C)[c-][n+]1-c1[c-]c(Oc2[c-]c(-c3nc4ccccc4n3-c3c(C(C)C)cc(-c4ccccc4)cc3C(C)C)ccc2)ccc1.[Pt]. The third-order valence-electron chi connectivity index (χ3n) is 12.1. The number of hydrogen-bond acceptors (Lipinski definition) is 2. The van der Waals surface area contributed by atoms with Crippen molar-refractivity contribution in [2.45, 2.75) is 79.1 Å². The fourth-order valence-corrected chi connectivity index (χ4v) is 8.96. The number of benzene rings is 7. The minimum Gasteiger partial charge on any atom is -0.504 e. The zero-order chi connectivity index (χ0) is 44.6. The molecule has 0 aliphatic rings. The van der Waals surface area contributed by atoms with Crippen LogP contribution in [0.4, 0.5) is 0 Å². The number of aryl methyl sites for hydroxylation is 1. The topological polar surface area (TPSA) is 35.9 Å². The van der Waals surface area contributed by atoms with Gasteiger partial charge in [0, 0.05) is 44.4 Å². The van der Waals surface area contributed by atoms with Crippen molar-refractivity contribution >= 4 is 11.0 Å². The first-order chi connectivity index (χ1) is 30.9. The molecule has 0 radical (unpaired) electrons. The number of para-hydroxylation sites is 2. The number of ether oxygens (including phenoxy) is 1. The van der Waals surface area contributed by atoms with Crippen molar-refractivity contribution in [3.63, 3.8) is 0 Å². The standard InChI is InChI=1S/C59H56N4O.Pt/c1-38(2)50-31-45(42-20-12-10-13-21-42)32-51(39(3)4)57(50)56-36-61(9)37-62(56)47-25-19-27-49(35-47)64-48-26-18-24-44(30-48)59-60-54-28-16-17-29-55(54)63(59)58-52(40(5)6)33-46(34-53(58)41(7)8)43-22-14-11-15-23-43;/h10-29,31-34,36,38-41H,1-9H3;/q-2;. The van der Waals surface area contributed by atoms with Gasteiger partial charge in [-0.05, 0) is 98.0 Å². The van der Waals surface area contributed by atoms with Gasteiger partial charge in [0.2, 0.25) is 6.33 Å². The van der Waals surface area contributed by atoms with Gasteiger partial charge in [0.05, 0.1) is 29.6 Å². The maximum atomic E-state index is 6.67. The molecule has 0 fully saturated rings. The molecule has 0 amide bonds. The van der Waals surface area contributed by atoms with Crippen molar-refractivity contribution in [2.24, 2.45) is 7.05 Å². The Kier molecular flexibility index (Phi) is 13.3. The maximum Gasteiger partial charge on any atom is 0.241 e. The average Bonchev–Trinajstić information content (AvgIpc) is 3.89. The Morgan fingerprint density at radius 2 is 1.05 bits per heavy atom. The van der Waals surface area contributed by atoms with Gasteiger partial charge in [-0.1, -0.05) is 152 Å². The van der Waals surface area contributed by atoms with Gasteiger partial charge in [0.15, 0.2) is 0 Å². The van der Waals surface area contributed by atoms with E-state index >= 15 is 0 Å². The molecule has 330 valence electrons. The molecule has 2 heterocycles. The number of nitrogens with zero attached hydrogens (tertiary/aromatic N) is 4. The summed E-state index contributed by atoms with van der Waals surface area (Å²) in [4.78, 5) is 5.30. The molecule has 0 aliphatic heterocycles. The van der Waals surface area contributed by atoms with Crippen LogP contribution < -0.4 is 9.30 Å². The fourth-order valence-electron chi connectivity index (χ4n) is 8.96. The molecule has 0 spiro atoms. The number of hydrogen-bond donors (Lipinski definition) is 0. The van der Waals surface area contributed by atoms with Crippen molar-refractivity contribution in [1.82, 2.24) is 14.1 Å². The Balaban J connectivity index is 0.00000576. The fraction of sp³-hybridized carbons (Fsp3) is 0.220. The summed E-state index contributed by atoms with van der Waals surface area (Å²) in [7, 11) is 2.03. The normalized spacial score (nSPS) is 11.6. The van der Waals surface area contributed by atoms with Crippen molar-refractivity contribution < 1.29 is 30.4 Å². The van der Waals surface area contributed by atoms with E-state index in [9.17, 15) is 0 Å². The van der Waals surface area contributed by atoms with Crippen LogP contribution in [0.1, 0.15) is 101 Å². The second-order valence-electron chi connectivity index (χ2n) is 18.1. The van der Waals surface area contributed by atoms with Crippen LogP contribution in [0, 0.1) is 18.5 Å². The van der Waals surface area contributed by atoms with Crippen LogP contribution in [0.3, 0.4) is 0 Å². The number of fused-ring (bicyclic) bond motifs is 1. The predicted octanol–water partition coefficient (Wildman–Crippen LogP) is 15.0. The average molecular weight is 1030 g/mol. The number of aromatic nitrogens is 4. The summed E-state index contributed by atoms with van der Waals surface area (Å²) in [5.41, 5.74) is 17.2. The monoisotopic (exact) mass is 1030 g/mol. The summed E-state index contributed by atoms with van der Waals surface area (Å²) in [5, 5.41) is 0. The van der Waals surface area contributed by atoms with Crippen LogP contribution in [0.25, 0.3) is 67.3 Å². The number of rotatable bonds is 12. The zero-order valence-corrected chi connectivity index (χ0v) is 41.0. The molecule has 0 aliphatic carbocycles. The number of imidazole rings is 2. The Morgan fingerprint density at radius 3 is 1.62 bits per heavy atom. The summed E-state index contributed by atoms with van der Waals surface area (Å²) in [5.74, 6) is 3.09. The molecule has 0 saturated carbocycles. The summed E-state index contributed by atoms with van der Waals surface area (Å²) >= 11 is 0. The maximum absolute atomic E-state index is 6.67. The molecule has 9 rings (SSSR count). The van der Waals surface area contributed by atoms with Gasteiger partial charge in [-0.25, -0.2) is 0 Å². The minimum atomic E-state index is 0. The van der Waals surface area contributed by atoms with Crippen molar-refractivity contribution in [2.75, 3.05) is 0 Å². The van der Waals surface area contributed by atoms with Crippen LogP contribution in [-0.2, 0) is 28.1 Å². The first kappa shape index (κ1) is 45.3. The molecular weight excluding hydrogens is 976 g/mol. The van der Waals surface area contributed by atoms with Gasteiger partial charge in [-0.3, -0.25) is 4.98 Å². The predicted molar refractivity (Wildman–Crippen MR) is 263 cm³/mol. The molecule has 0 unspecified atom stereocenters. The molecule has 0 bridgehead atoms. The molecule has 65 heavy (non-hydrogen) atoms. The largest absolute Gasteiger partial charge is 0.504 e. The van der Waals surface area contributed by atoms with Crippen LogP contribution in [0.2, 0.25) is 0 Å². The van der Waals surface area contributed by atoms with Gasteiger partial charge in [-0.15, -0.1) is 35.9 Å². The third kappa shape index (κ3) is 9.05. The quantitative estimate of drug-likeness (QED) is 0.0903. The van der Waals surface area contributed by atoms with E-state index in [4.69, 9.17) is 9.72 Å². The second-order valence-corrected chi connectivity index (χ2v) is 18.1. The first-order valence-corrected chi connectivity index (χ1v) is 22.6. The molecule has 0 N–H and O–H groups in total. The van der Waals surface area contributed by atoms with E-state index in [1.54, 1.807) is 0 Å². The molecule has 2 aromatic heterocycles. The van der Waals surface area contributed by atoms with Crippen LogP contribution in [-0.4, -0.2) is 14.1 Å². The van der Waals surface area contributed by atoms with Crippen LogP contribution >= 0.6 is 0 Å². The van der Waals surface area contributed by atoms with E-state index in [0.29, 0.717) is 23.3 Å². The van der Waals surface area contributed by atoms with E-state index in [1.807, 2.05) is 35.9 Å². The van der Waals surface area contributed by atoms with Gasteiger partial charge >= 0.3 is 0 Å². The molecule has 5 nitrogen and oxygen atoms in total. The molecule has 7 aromatic carbocycles. The molecular formula is C59H56N4OPt-2.